The summed E-state index contributed by atoms with van der Waals surface area (Å²) in [5.74, 6) is 0.704. The highest BCUT2D eigenvalue weighted by Crippen LogP contribution is 2.33. The molecule has 0 bridgehead atoms. The van der Waals surface area contributed by atoms with Crippen LogP contribution in [0.2, 0.25) is 0 Å². The Bertz CT molecular complexity index is 246. The third kappa shape index (κ3) is 1.37. The van der Waals surface area contributed by atoms with Crippen molar-refractivity contribution in [2.75, 3.05) is 0 Å². The number of rotatable bonds is 1. The third-order valence-corrected chi connectivity index (χ3v) is 2.90. The number of allylic oxidation sites excluding steroid dienone is 4. The van der Waals surface area contributed by atoms with E-state index in [2.05, 4.69) is 27.2 Å². The van der Waals surface area contributed by atoms with Crippen LogP contribution in [-0.2, 0) is 0 Å². The van der Waals surface area contributed by atoms with E-state index in [4.69, 9.17) is 0 Å². The summed E-state index contributed by atoms with van der Waals surface area (Å²) in [6, 6.07) is 0. The lowest BCUT2D eigenvalue weighted by Crippen LogP contribution is -2.04. The Morgan fingerprint density at radius 2 is 2.00 bits per heavy atom. The first-order valence-electron chi connectivity index (χ1n) is 5.06. The van der Waals surface area contributed by atoms with Crippen molar-refractivity contribution in [3.8, 4) is 0 Å². The van der Waals surface area contributed by atoms with Gasteiger partial charge in [0.1, 0.15) is 0 Å². The number of hydrogen-bond donors (Lipinski definition) is 0. The number of hydrogen-bond acceptors (Lipinski definition) is 0. The SMILES string of the molecule is CC(C)C1=CC2=C([B]1)CCCC2. The highest BCUT2D eigenvalue weighted by atomic mass is 14.2. The molecule has 2 aliphatic rings. The summed E-state index contributed by atoms with van der Waals surface area (Å²) in [7, 11) is 2.42. The fourth-order valence-electron chi connectivity index (χ4n) is 2.06. The van der Waals surface area contributed by atoms with Gasteiger partial charge in [0.25, 0.3) is 0 Å². The van der Waals surface area contributed by atoms with Crippen LogP contribution in [0, 0.1) is 5.92 Å². The first kappa shape index (κ1) is 8.16. The fourth-order valence-corrected chi connectivity index (χ4v) is 2.06. The molecule has 0 spiro atoms. The molecule has 12 heavy (non-hydrogen) atoms. The predicted molar refractivity (Wildman–Crippen MR) is 54.2 cm³/mol. The zero-order valence-electron chi connectivity index (χ0n) is 8.06. The van der Waals surface area contributed by atoms with Crippen molar-refractivity contribution < 1.29 is 0 Å². The molecule has 2 rings (SSSR count). The van der Waals surface area contributed by atoms with Crippen LogP contribution in [0.15, 0.2) is 22.6 Å². The Kier molecular flexibility index (Phi) is 2.12. The molecule has 0 saturated heterocycles. The van der Waals surface area contributed by atoms with E-state index >= 15 is 0 Å². The predicted octanol–water partition coefficient (Wildman–Crippen LogP) is 3.07. The van der Waals surface area contributed by atoms with Crippen LogP contribution in [-0.4, -0.2) is 7.28 Å². The molecule has 1 radical (unpaired) electrons. The summed E-state index contributed by atoms with van der Waals surface area (Å²) in [5, 5.41) is 0. The summed E-state index contributed by atoms with van der Waals surface area (Å²) >= 11 is 0. The molecule has 0 amide bonds. The van der Waals surface area contributed by atoms with Crippen LogP contribution in [0.4, 0.5) is 0 Å². The van der Waals surface area contributed by atoms with Gasteiger partial charge in [-0.25, -0.2) is 0 Å². The van der Waals surface area contributed by atoms with Crippen molar-refractivity contribution in [3.63, 3.8) is 0 Å². The molecule has 0 fully saturated rings. The molecule has 0 aromatic rings. The van der Waals surface area contributed by atoms with Crippen LogP contribution in [0.3, 0.4) is 0 Å². The molecule has 1 heteroatoms. The zero-order chi connectivity index (χ0) is 8.55. The standard InChI is InChI=1S/C11H16B/c1-8(2)11-7-9-5-3-4-6-10(9)12-11/h7-8H,3-6H2,1-2H3. The van der Waals surface area contributed by atoms with E-state index < -0.39 is 0 Å². The van der Waals surface area contributed by atoms with Gasteiger partial charge in [0.05, 0.1) is 0 Å². The summed E-state index contributed by atoms with van der Waals surface area (Å²) in [5.41, 5.74) is 4.80. The van der Waals surface area contributed by atoms with Crippen LogP contribution in [0.25, 0.3) is 0 Å². The molecule has 1 aliphatic heterocycles. The minimum atomic E-state index is 0.704. The summed E-state index contributed by atoms with van der Waals surface area (Å²) in [6.45, 7) is 4.56. The smallest absolute Gasteiger partial charge is 0.100 e. The van der Waals surface area contributed by atoms with Crippen molar-refractivity contribution in [1.29, 1.82) is 0 Å². The summed E-state index contributed by atoms with van der Waals surface area (Å²) in [4.78, 5) is 0. The first-order valence-corrected chi connectivity index (χ1v) is 5.06. The quantitative estimate of drug-likeness (QED) is 0.515. The summed E-state index contributed by atoms with van der Waals surface area (Å²) < 4.78 is 0. The average Bonchev–Trinajstić information content (AvgIpc) is 2.46. The van der Waals surface area contributed by atoms with E-state index in [1.807, 2.05) is 0 Å². The molecule has 0 saturated carbocycles. The maximum absolute atomic E-state index is 2.42. The highest BCUT2D eigenvalue weighted by Gasteiger charge is 2.20. The van der Waals surface area contributed by atoms with Crippen molar-refractivity contribution in [3.05, 3.63) is 22.6 Å². The van der Waals surface area contributed by atoms with Gasteiger partial charge >= 0.3 is 0 Å². The van der Waals surface area contributed by atoms with Crippen molar-refractivity contribution >= 4 is 7.28 Å². The van der Waals surface area contributed by atoms with E-state index in [0.29, 0.717) is 5.92 Å². The van der Waals surface area contributed by atoms with Crippen LogP contribution in [0.1, 0.15) is 39.5 Å². The second kappa shape index (κ2) is 3.12. The summed E-state index contributed by atoms with van der Waals surface area (Å²) in [6.07, 6.45) is 7.85. The monoisotopic (exact) mass is 159 g/mol. The molecule has 0 nitrogen and oxygen atoms in total. The molecule has 0 unspecified atom stereocenters. The van der Waals surface area contributed by atoms with Gasteiger partial charge in [0.2, 0.25) is 0 Å². The Morgan fingerprint density at radius 3 is 2.67 bits per heavy atom. The van der Waals surface area contributed by atoms with Gasteiger partial charge in [0, 0.05) is 0 Å². The van der Waals surface area contributed by atoms with E-state index in [1.165, 1.54) is 25.7 Å². The first-order chi connectivity index (χ1) is 5.77. The van der Waals surface area contributed by atoms with Crippen molar-refractivity contribution in [1.82, 2.24) is 0 Å². The van der Waals surface area contributed by atoms with E-state index in [0.717, 1.165) is 0 Å². The van der Waals surface area contributed by atoms with Gasteiger partial charge in [-0.15, -0.1) is 5.47 Å². The van der Waals surface area contributed by atoms with Crippen molar-refractivity contribution in [2.45, 2.75) is 39.5 Å². The topological polar surface area (TPSA) is 0 Å². The minimum absolute atomic E-state index is 0.704. The van der Waals surface area contributed by atoms with E-state index in [1.54, 1.807) is 16.5 Å². The average molecular weight is 159 g/mol. The molecule has 0 atom stereocenters. The Labute approximate surface area is 76.0 Å². The Morgan fingerprint density at radius 1 is 1.25 bits per heavy atom. The second-order valence-corrected chi connectivity index (χ2v) is 4.20. The van der Waals surface area contributed by atoms with Crippen LogP contribution >= 0.6 is 0 Å². The normalized spacial score (nSPS) is 22.4. The molecular formula is C11H16B. The van der Waals surface area contributed by atoms with E-state index in [-0.39, 0.29) is 0 Å². The van der Waals surface area contributed by atoms with E-state index in [9.17, 15) is 0 Å². The lowest BCUT2D eigenvalue weighted by atomic mass is 9.60. The van der Waals surface area contributed by atoms with Gasteiger partial charge < -0.3 is 0 Å². The lowest BCUT2D eigenvalue weighted by Gasteiger charge is -2.12. The Hall–Kier alpha value is -0.455. The molecular weight excluding hydrogens is 143 g/mol. The molecule has 0 aromatic carbocycles. The lowest BCUT2D eigenvalue weighted by molar-refractivity contribution is 0.704. The van der Waals surface area contributed by atoms with Gasteiger partial charge in [-0.05, 0) is 25.2 Å². The van der Waals surface area contributed by atoms with Gasteiger partial charge in [0.15, 0.2) is 7.28 Å². The van der Waals surface area contributed by atoms with Crippen LogP contribution < -0.4 is 0 Å². The fraction of sp³-hybridized carbons (Fsp3) is 0.636. The zero-order valence-corrected chi connectivity index (χ0v) is 8.06. The molecule has 0 N–H and O–H groups in total. The third-order valence-electron chi connectivity index (χ3n) is 2.90. The Balaban J connectivity index is 2.13. The van der Waals surface area contributed by atoms with Gasteiger partial charge in [-0.1, -0.05) is 37.4 Å². The maximum Gasteiger partial charge on any atom is 0.180 e. The van der Waals surface area contributed by atoms with Crippen molar-refractivity contribution in [2.24, 2.45) is 5.92 Å². The van der Waals surface area contributed by atoms with Gasteiger partial charge in [-0.2, -0.15) is 0 Å². The van der Waals surface area contributed by atoms with Crippen LogP contribution in [0.5, 0.6) is 0 Å². The second-order valence-electron chi connectivity index (χ2n) is 4.20. The highest BCUT2D eigenvalue weighted by molar-refractivity contribution is 6.55. The minimum Gasteiger partial charge on any atom is -0.100 e. The molecule has 63 valence electrons. The van der Waals surface area contributed by atoms with Gasteiger partial charge in [-0.3, -0.25) is 0 Å². The molecule has 1 aliphatic carbocycles. The molecule has 0 aromatic heterocycles. The molecule has 1 heterocycles. The maximum atomic E-state index is 2.42. The largest absolute Gasteiger partial charge is 0.180 e.